The van der Waals surface area contributed by atoms with E-state index in [0.29, 0.717) is 0 Å². The van der Waals surface area contributed by atoms with Crippen molar-refractivity contribution in [3.05, 3.63) is 72.2 Å². The number of hydrogen-bond donors (Lipinski definition) is 4. The van der Waals surface area contributed by atoms with Crippen molar-refractivity contribution in [1.29, 1.82) is 0 Å². The molecule has 188 valence electrons. The highest BCUT2D eigenvalue weighted by Crippen LogP contribution is 2.35. The summed E-state index contributed by atoms with van der Waals surface area (Å²) in [6.45, 7) is 3.48. The van der Waals surface area contributed by atoms with Gasteiger partial charge in [0.25, 0.3) is 0 Å². The summed E-state index contributed by atoms with van der Waals surface area (Å²) in [5, 5.41) is 16.5. The van der Waals surface area contributed by atoms with Gasteiger partial charge in [0, 0.05) is 42.3 Å². The van der Waals surface area contributed by atoms with Crippen molar-refractivity contribution in [1.82, 2.24) is 30.4 Å². The number of aromatic amines is 2. The lowest BCUT2D eigenvalue weighted by Crippen LogP contribution is -2.20. The second-order valence-electron chi connectivity index (χ2n) is 9.78. The van der Waals surface area contributed by atoms with Crippen LogP contribution in [0.2, 0.25) is 0 Å². The van der Waals surface area contributed by atoms with Crippen LogP contribution in [0, 0.1) is 5.82 Å². The minimum absolute atomic E-state index is 0.274. The van der Waals surface area contributed by atoms with Crippen LogP contribution < -0.4 is 10.6 Å². The number of anilines is 1. The van der Waals surface area contributed by atoms with E-state index in [0.717, 1.165) is 82.7 Å². The number of likely N-dealkylation sites (N-methyl/N-ethyl adjacent to an activating group) is 1. The van der Waals surface area contributed by atoms with E-state index in [-0.39, 0.29) is 5.82 Å². The molecule has 5 aromatic rings. The molecule has 0 spiro atoms. The molecule has 6 rings (SSSR count). The van der Waals surface area contributed by atoms with Crippen LogP contribution in [0.1, 0.15) is 12.0 Å². The molecule has 1 aliphatic rings. The van der Waals surface area contributed by atoms with E-state index in [1.807, 2.05) is 26.2 Å². The molecule has 0 fully saturated rings. The smallest absolute Gasteiger partial charge is 0.138 e. The Bertz CT molecular complexity index is 1610. The van der Waals surface area contributed by atoms with E-state index in [4.69, 9.17) is 0 Å². The molecule has 0 unspecified atom stereocenters. The number of pyridine rings is 1. The Morgan fingerprint density at radius 3 is 2.78 bits per heavy atom. The second kappa shape index (κ2) is 9.80. The predicted molar refractivity (Wildman–Crippen MR) is 149 cm³/mol. The zero-order chi connectivity index (χ0) is 25.4. The summed E-state index contributed by atoms with van der Waals surface area (Å²) in [6.07, 6.45) is 5.02. The summed E-state index contributed by atoms with van der Waals surface area (Å²) in [4.78, 5) is 10.1. The molecule has 1 aliphatic heterocycles. The molecule has 0 radical (unpaired) electrons. The molecule has 2 aromatic carbocycles. The molecule has 4 heterocycles. The van der Waals surface area contributed by atoms with Gasteiger partial charge in [-0.2, -0.15) is 5.10 Å². The molecule has 0 saturated heterocycles. The van der Waals surface area contributed by atoms with Crippen molar-refractivity contribution in [2.75, 3.05) is 45.6 Å². The summed E-state index contributed by atoms with van der Waals surface area (Å²) >= 11 is 0. The molecule has 4 N–H and O–H groups in total. The highest BCUT2D eigenvalue weighted by molar-refractivity contribution is 6.00. The van der Waals surface area contributed by atoms with Crippen LogP contribution in [0.3, 0.4) is 0 Å². The van der Waals surface area contributed by atoms with Gasteiger partial charge in [-0.3, -0.25) is 5.10 Å². The number of aromatic nitrogens is 4. The molecule has 0 amide bonds. The first-order chi connectivity index (χ1) is 18.0. The summed E-state index contributed by atoms with van der Waals surface area (Å²) in [7, 11) is 4.04. The van der Waals surface area contributed by atoms with Crippen LogP contribution in [-0.2, 0) is 0 Å². The van der Waals surface area contributed by atoms with E-state index in [9.17, 15) is 4.39 Å². The van der Waals surface area contributed by atoms with E-state index < -0.39 is 0 Å². The molecule has 8 heteroatoms. The van der Waals surface area contributed by atoms with Crippen molar-refractivity contribution >= 4 is 33.2 Å². The normalized spacial score (nSPS) is 14.0. The molecular formula is C29H30FN7. The third-order valence-electron chi connectivity index (χ3n) is 6.88. The Morgan fingerprint density at radius 1 is 1.03 bits per heavy atom. The number of nitrogens with zero attached hydrogens (tertiary/aromatic N) is 3. The van der Waals surface area contributed by atoms with Gasteiger partial charge in [-0.05, 0) is 91.8 Å². The lowest BCUT2D eigenvalue weighted by Gasteiger charge is -2.14. The largest absolute Gasteiger partial charge is 0.384 e. The highest BCUT2D eigenvalue weighted by atomic mass is 19.1. The van der Waals surface area contributed by atoms with Crippen LogP contribution >= 0.6 is 0 Å². The molecular weight excluding hydrogens is 465 g/mol. The molecule has 0 saturated carbocycles. The Morgan fingerprint density at radius 2 is 1.95 bits per heavy atom. The van der Waals surface area contributed by atoms with Gasteiger partial charge in [-0.1, -0.05) is 12.1 Å². The fourth-order valence-corrected chi connectivity index (χ4v) is 4.98. The van der Waals surface area contributed by atoms with Crippen molar-refractivity contribution in [3.63, 3.8) is 0 Å². The lowest BCUT2D eigenvalue weighted by atomic mass is 9.98. The van der Waals surface area contributed by atoms with Gasteiger partial charge < -0.3 is 20.5 Å². The average molecular weight is 496 g/mol. The summed E-state index contributed by atoms with van der Waals surface area (Å²) < 4.78 is 14.6. The van der Waals surface area contributed by atoms with Crippen molar-refractivity contribution < 1.29 is 4.39 Å². The maximum atomic E-state index is 14.6. The van der Waals surface area contributed by atoms with E-state index >= 15 is 0 Å². The van der Waals surface area contributed by atoms with Gasteiger partial charge in [0.05, 0.1) is 11.2 Å². The molecule has 37 heavy (non-hydrogen) atoms. The number of halogens is 1. The van der Waals surface area contributed by atoms with E-state index in [1.54, 1.807) is 12.3 Å². The zero-order valence-electron chi connectivity index (χ0n) is 21.0. The third kappa shape index (κ3) is 4.73. The number of benzene rings is 2. The highest BCUT2D eigenvalue weighted by Gasteiger charge is 2.16. The molecule has 0 aliphatic carbocycles. The number of fused-ring (bicyclic) bond motifs is 2. The first-order valence-electron chi connectivity index (χ1n) is 12.6. The molecule has 7 nitrogen and oxygen atoms in total. The molecule has 3 aromatic heterocycles. The summed E-state index contributed by atoms with van der Waals surface area (Å²) in [6, 6.07) is 15.5. The van der Waals surface area contributed by atoms with Crippen LogP contribution in [0.25, 0.3) is 50.0 Å². The topological polar surface area (TPSA) is 84.7 Å². The number of rotatable bonds is 7. The standard InChI is InChI=1S/C29H30FN7/c1-37(2)12-11-32-22-14-20(13-21(30)16-22)23-7-10-33-29-24(23)17-27(34-29)28-25-15-19(3-4-26(25)35-36-28)18-5-8-31-9-6-18/h3-5,7,10,13-17,31-32H,6,8-9,11-12H2,1-2H3,(H,33,34)(H,35,36). The quantitative estimate of drug-likeness (QED) is 0.247. The Balaban J connectivity index is 1.39. The zero-order valence-corrected chi connectivity index (χ0v) is 21.0. The third-order valence-corrected chi connectivity index (χ3v) is 6.88. The van der Waals surface area contributed by atoms with E-state index in [1.165, 1.54) is 17.2 Å². The lowest BCUT2D eigenvalue weighted by molar-refractivity contribution is 0.425. The van der Waals surface area contributed by atoms with Crippen molar-refractivity contribution in [3.8, 4) is 22.5 Å². The van der Waals surface area contributed by atoms with Gasteiger partial charge in [0.2, 0.25) is 0 Å². The fourth-order valence-electron chi connectivity index (χ4n) is 4.98. The number of nitrogens with one attached hydrogen (secondary N) is 4. The number of hydrogen-bond acceptors (Lipinski definition) is 5. The first kappa shape index (κ1) is 23.4. The van der Waals surface area contributed by atoms with Crippen LogP contribution in [-0.4, -0.2) is 65.3 Å². The van der Waals surface area contributed by atoms with Gasteiger partial charge in [-0.15, -0.1) is 0 Å². The minimum Gasteiger partial charge on any atom is -0.384 e. The second-order valence-corrected chi connectivity index (χ2v) is 9.78. The van der Waals surface area contributed by atoms with Crippen molar-refractivity contribution in [2.24, 2.45) is 0 Å². The van der Waals surface area contributed by atoms with Gasteiger partial charge in [0.15, 0.2) is 0 Å². The Labute approximate surface area is 214 Å². The SMILES string of the molecule is CN(C)CCNc1cc(F)cc(-c2ccnc3[nH]c(-c4n[nH]c5ccc(C6=CCNCC6)cc45)cc23)c1. The first-order valence-corrected chi connectivity index (χ1v) is 12.6. The molecule has 0 bridgehead atoms. The maximum absolute atomic E-state index is 14.6. The maximum Gasteiger partial charge on any atom is 0.138 e. The number of H-pyrrole nitrogens is 2. The van der Waals surface area contributed by atoms with Gasteiger partial charge in [0.1, 0.15) is 17.2 Å². The Hall–Kier alpha value is -4.01. The van der Waals surface area contributed by atoms with E-state index in [2.05, 4.69) is 66.0 Å². The fraction of sp³-hybridized carbons (Fsp3) is 0.241. The average Bonchev–Trinajstić information content (AvgIpc) is 3.52. The van der Waals surface area contributed by atoms with Crippen molar-refractivity contribution in [2.45, 2.75) is 6.42 Å². The molecule has 0 atom stereocenters. The van der Waals surface area contributed by atoms with Crippen LogP contribution in [0.5, 0.6) is 0 Å². The summed E-state index contributed by atoms with van der Waals surface area (Å²) in [5.41, 5.74) is 8.51. The van der Waals surface area contributed by atoms with Crippen LogP contribution in [0.15, 0.2) is 60.8 Å². The Kier molecular flexibility index (Phi) is 6.20. The van der Waals surface area contributed by atoms with Crippen LogP contribution in [0.4, 0.5) is 10.1 Å². The minimum atomic E-state index is -0.274. The van der Waals surface area contributed by atoms with Gasteiger partial charge >= 0.3 is 0 Å². The summed E-state index contributed by atoms with van der Waals surface area (Å²) in [5.74, 6) is -0.274. The predicted octanol–water partition coefficient (Wildman–Crippen LogP) is 5.26. The monoisotopic (exact) mass is 495 g/mol. The van der Waals surface area contributed by atoms with Gasteiger partial charge in [-0.25, -0.2) is 9.37 Å².